The van der Waals surface area contributed by atoms with Crippen LogP contribution < -0.4 is 5.46 Å². The normalized spacial score (nSPS) is 15.7. The summed E-state index contributed by atoms with van der Waals surface area (Å²) in [6.07, 6.45) is 8.98. The van der Waals surface area contributed by atoms with Crippen LogP contribution in [0.4, 0.5) is 0 Å². The molecule has 0 atom stereocenters. The van der Waals surface area contributed by atoms with Gasteiger partial charge in [0.2, 0.25) is 0 Å². The van der Waals surface area contributed by atoms with Crippen LogP contribution >= 0.6 is 0 Å². The van der Waals surface area contributed by atoms with E-state index >= 15 is 0 Å². The maximum atomic E-state index is 6.32. The minimum absolute atomic E-state index is 0.371. The first-order valence-electron chi connectivity index (χ1n) is 19.9. The Morgan fingerprint density at radius 2 is 1.11 bits per heavy atom. The highest BCUT2D eigenvalue weighted by atomic mass is 16.7. The molecule has 2 aliphatic rings. The van der Waals surface area contributed by atoms with Crippen LogP contribution in [0.2, 0.25) is 0 Å². The Bertz CT molecular complexity index is 2760. The third-order valence-electron chi connectivity index (χ3n) is 11.6. The molecule has 0 spiro atoms. The molecule has 1 aliphatic carbocycles. The van der Waals surface area contributed by atoms with Gasteiger partial charge in [-0.3, -0.25) is 0 Å². The van der Waals surface area contributed by atoms with Gasteiger partial charge in [-0.15, -0.1) is 0 Å². The summed E-state index contributed by atoms with van der Waals surface area (Å²) in [7, 11) is -0.381. The van der Waals surface area contributed by atoms with Gasteiger partial charge in [0.05, 0.1) is 22.4 Å². The first kappa shape index (κ1) is 36.5. The Hall–Kier alpha value is -6.14. The van der Waals surface area contributed by atoms with Crippen LogP contribution in [0.15, 0.2) is 176 Å². The minimum Gasteiger partial charge on any atom is -0.399 e. The number of benzene rings is 7. The van der Waals surface area contributed by atoms with Crippen molar-refractivity contribution in [3.05, 3.63) is 182 Å². The lowest BCUT2D eigenvalue weighted by Crippen LogP contribution is -2.41. The van der Waals surface area contributed by atoms with Crippen LogP contribution in [-0.4, -0.2) is 28.3 Å². The summed E-state index contributed by atoms with van der Waals surface area (Å²) in [5.74, 6) is 0.726. The van der Waals surface area contributed by atoms with E-state index in [1.165, 1.54) is 33.0 Å². The van der Waals surface area contributed by atoms with Gasteiger partial charge in [0.15, 0.2) is 5.82 Å². The van der Waals surface area contributed by atoms with E-state index in [4.69, 9.17) is 19.3 Å². The van der Waals surface area contributed by atoms with Gasteiger partial charge in [-0.05, 0) is 108 Å². The highest BCUT2D eigenvalue weighted by Crippen LogP contribution is 2.38. The standard InChI is InChI=1S/C40H35BN2O2.C12H10/c1-39(2)40(3,4)45-41(44-39)32-20-22-34-29(25-32)18-17-28-24-31(19-21-33(28)34)38-42-36-16-9-8-15-35(36)37(43-38)30-14-10-13-27(23-30)26-11-6-5-7-12-26;1-3-7-11(8-4-1)12-9-5-2-6-10-12/h6,8-25H,5,7H2,1-4H3;1-10H. The van der Waals surface area contributed by atoms with Crippen LogP contribution in [0.3, 0.4) is 0 Å². The average molecular weight is 741 g/mol. The molecule has 0 bridgehead atoms. The number of aromatic nitrogens is 2. The van der Waals surface area contributed by atoms with E-state index in [0.717, 1.165) is 62.6 Å². The van der Waals surface area contributed by atoms with Crippen molar-refractivity contribution in [2.24, 2.45) is 0 Å². The third kappa shape index (κ3) is 7.33. The van der Waals surface area contributed by atoms with Crippen molar-refractivity contribution in [3.63, 3.8) is 0 Å². The topological polar surface area (TPSA) is 44.2 Å². The van der Waals surface area contributed by atoms with E-state index in [1.54, 1.807) is 0 Å². The molecule has 0 saturated carbocycles. The van der Waals surface area contributed by atoms with Gasteiger partial charge in [0.25, 0.3) is 0 Å². The number of hydrogen-bond acceptors (Lipinski definition) is 4. The Labute approximate surface area is 335 Å². The number of fused-ring (bicyclic) bond motifs is 4. The van der Waals surface area contributed by atoms with Crippen LogP contribution in [-0.2, 0) is 9.31 Å². The Morgan fingerprint density at radius 3 is 1.79 bits per heavy atom. The monoisotopic (exact) mass is 740 g/mol. The molecule has 2 heterocycles. The molecule has 4 nitrogen and oxygen atoms in total. The molecule has 0 radical (unpaired) electrons. The zero-order chi connectivity index (χ0) is 39.0. The number of rotatable bonds is 5. The number of nitrogens with zero attached hydrogens (tertiary/aromatic N) is 2. The quantitative estimate of drug-likeness (QED) is 0.130. The van der Waals surface area contributed by atoms with Gasteiger partial charge in [-0.2, -0.15) is 0 Å². The fourth-order valence-corrected chi connectivity index (χ4v) is 7.72. The number of allylic oxidation sites excluding steroid dienone is 4. The summed E-state index contributed by atoms with van der Waals surface area (Å²) in [5, 5.41) is 5.76. The zero-order valence-electron chi connectivity index (χ0n) is 32.9. The second-order valence-corrected chi connectivity index (χ2v) is 15.9. The SMILES string of the molecule is CC1(C)OB(c2ccc3c(ccc4cc(-c5nc(-c6cccc(C7=CCCC=C7)c6)c6ccccc6n5)ccc43)c2)OC1(C)C.c1ccc(-c2ccccc2)cc1. The van der Waals surface area contributed by atoms with Crippen LogP contribution in [0.25, 0.3) is 71.8 Å². The van der Waals surface area contributed by atoms with E-state index < -0.39 is 0 Å². The molecular formula is C52H45BN2O2. The Morgan fingerprint density at radius 1 is 0.491 bits per heavy atom. The lowest BCUT2D eigenvalue weighted by atomic mass is 9.78. The van der Waals surface area contributed by atoms with Crippen LogP contribution in [0.5, 0.6) is 0 Å². The minimum atomic E-state index is -0.381. The molecule has 1 saturated heterocycles. The second-order valence-electron chi connectivity index (χ2n) is 15.9. The molecule has 10 rings (SSSR count). The molecule has 1 fully saturated rings. The van der Waals surface area contributed by atoms with Gasteiger partial charge >= 0.3 is 7.12 Å². The van der Waals surface area contributed by atoms with Crippen molar-refractivity contribution in [2.75, 3.05) is 0 Å². The maximum absolute atomic E-state index is 6.32. The van der Waals surface area contributed by atoms with E-state index in [-0.39, 0.29) is 18.3 Å². The Balaban J connectivity index is 0.000000300. The molecule has 5 heteroatoms. The maximum Gasteiger partial charge on any atom is 0.494 e. The lowest BCUT2D eigenvalue weighted by Gasteiger charge is -2.32. The molecule has 1 aliphatic heterocycles. The molecule has 0 amide bonds. The Kier molecular flexibility index (Phi) is 9.65. The van der Waals surface area contributed by atoms with Crippen molar-refractivity contribution < 1.29 is 9.31 Å². The first-order chi connectivity index (χ1) is 27.7. The first-order valence-corrected chi connectivity index (χ1v) is 19.9. The van der Waals surface area contributed by atoms with E-state index in [9.17, 15) is 0 Å². The predicted molar refractivity (Wildman–Crippen MR) is 239 cm³/mol. The van der Waals surface area contributed by atoms with Gasteiger partial charge in [0.1, 0.15) is 0 Å². The van der Waals surface area contributed by atoms with Gasteiger partial charge < -0.3 is 9.31 Å². The summed E-state index contributed by atoms with van der Waals surface area (Å²) >= 11 is 0. The smallest absolute Gasteiger partial charge is 0.399 e. The van der Waals surface area contributed by atoms with Crippen LogP contribution in [0, 0.1) is 0 Å². The highest BCUT2D eigenvalue weighted by Gasteiger charge is 2.51. The average Bonchev–Trinajstić information content (AvgIpc) is 3.49. The molecule has 1 aromatic heterocycles. The molecule has 0 N–H and O–H groups in total. The van der Waals surface area contributed by atoms with Crippen molar-refractivity contribution in [1.82, 2.24) is 9.97 Å². The number of para-hydroxylation sites is 1. The van der Waals surface area contributed by atoms with Gasteiger partial charge in [0, 0.05) is 16.5 Å². The van der Waals surface area contributed by atoms with Crippen molar-refractivity contribution in [1.29, 1.82) is 0 Å². The second kappa shape index (κ2) is 15.1. The fraction of sp³-hybridized carbons (Fsp3) is 0.154. The molecule has 278 valence electrons. The summed E-state index contributed by atoms with van der Waals surface area (Å²) in [4.78, 5) is 10.2. The molecule has 7 aromatic carbocycles. The highest BCUT2D eigenvalue weighted by molar-refractivity contribution is 6.62. The lowest BCUT2D eigenvalue weighted by molar-refractivity contribution is 0.00578. The van der Waals surface area contributed by atoms with E-state index in [2.05, 4.69) is 185 Å². The molecule has 8 aromatic rings. The van der Waals surface area contributed by atoms with Crippen molar-refractivity contribution in [3.8, 4) is 33.8 Å². The van der Waals surface area contributed by atoms with Crippen LogP contribution in [0.1, 0.15) is 46.1 Å². The van der Waals surface area contributed by atoms with Crippen molar-refractivity contribution >= 4 is 50.6 Å². The zero-order valence-corrected chi connectivity index (χ0v) is 32.9. The summed E-state index contributed by atoms with van der Waals surface area (Å²) < 4.78 is 12.6. The molecule has 0 unspecified atom stereocenters. The van der Waals surface area contributed by atoms with Gasteiger partial charge in [-0.25, -0.2) is 9.97 Å². The summed E-state index contributed by atoms with van der Waals surface area (Å²) in [6.45, 7) is 8.35. The third-order valence-corrected chi connectivity index (χ3v) is 11.6. The number of hydrogen-bond donors (Lipinski definition) is 0. The summed E-state index contributed by atoms with van der Waals surface area (Å²) in [5.41, 5.74) is 9.31. The fourth-order valence-electron chi connectivity index (χ4n) is 7.72. The molecule has 57 heavy (non-hydrogen) atoms. The molecular weight excluding hydrogens is 695 g/mol. The van der Waals surface area contributed by atoms with Crippen molar-refractivity contribution in [2.45, 2.75) is 51.7 Å². The van der Waals surface area contributed by atoms with E-state index in [1.807, 2.05) is 18.2 Å². The van der Waals surface area contributed by atoms with Gasteiger partial charge in [-0.1, -0.05) is 158 Å². The van der Waals surface area contributed by atoms with E-state index in [0.29, 0.717) is 0 Å². The predicted octanol–water partition coefficient (Wildman–Crippen LogP) is 12.7. The summed E-state index contributed by atoms with van der Waals surface area (Å²) in [6, 6.07) is 55.2. The largest absolute Gasteiger partial charge is 0.494 e.